The standard InChI is InChI=1S/C20H19N3O3/c24-20(26-14-13-25-19-9-5-2-6-10-19)12-11-18-16-23(22-21-18)15-17-7-3-1-4-8-17/h1-12,16H,13-15H2/b12-11+. The van der Waals surface area contributed by atoms with Gasteiger partial charge >= 0.3 is 5.97 Å². The van der Waals surface area contributed by atoms with Crippen molar-refractivity contribution in [3.8, 4) is 5.75 Å². The lowest BCUT2D eigenvalue weighted by atomic mass is 10.2. The van der Waals surface area contributed by atoms with Crippen LogP contribution in [0.25, 0.3) is 6.08 Å². The monoisotopic (exact) mass is 349 g/mol. The van der Waals surface area contributed by atoms with Gasteiger partial charge in [0, 0.05) is 6.08 Å². The van der Waals surface area contributed by atoms with Gasteiger partial charge in [-0.3, -0.25) is 0 Å². The van der Waals surface area contributed by atoms with Gasteiger partial charge in [0.1, 0.15) is 24.7 Å². The van der Waals surface area contributed by atoms with Gasteiger partial charge in [0.05, 0.1) is 12.7 Å². The van der Waals surface area contributed by atoms with Gasteiger partial charge in [-0.2, -0.15) is 0 Å². The zero-order chi connectivity index (χ0) is 18.0. The van der Waals surface area contributed by atoms with Crippen LogP contribution in [0.1, 0.15) is 11.3 Å². The van der Waals surface area contributed by atoms with Crippen molar-refractivity contribution in [2.45, 2.75) is 6.54 Å². The molecule has 0 amide bonds. The minimum absolute atomic E-state index is 0.179. The molecule has 0 fully saturated rings. The van der Waals surface area contributed by atoms with Gasteiger partial charge in [-0.25, -0.2) is 9.48 Å². The van der Waals surface area contributed by atoms with E-state index in [1.807, 2.05) is 60.7 Å². The molecule has 0 saturated carbocycles. The lowest BCUT2D eigenvalue weighted by Crippen LogP contribution is -2.10. The lowest BCUT2D eigenvalue weighted by molar-refractivity contribution is -0.138. The van der Waals surface area contributed by atoms with Crippen LogP contribution in [0.3, 0.4) is 0 Å². The summed E-state index contributed by atoms with van der Waals surface area (Å²) in [6, 6.07) is 19.3. The molecule has 0 bridgehead atoms. The van der Waals surface area contributed by atoms with Gasteiger partial charge in [-0.15, -0.1) is 5.10 Å². The number of esters is 1. The molecule has 0 spiro atoms. The van der Waals surface area contributed by atoms with Crippen molar-refractivity contribution in [3.63, 3.8) is 0 Å². The Morgan fingerprint density at radius 1 is 1.00 bits per heavy atom. The Morgan fingerprint density at radius 2 is 1.73 bits per heavy atom. The van der Waals surface area contributed by atoms with Crippen LogP contribution in [0.2, 0.25) is 0 Å². The Balaban J connectivity index is 1.40. The van der Waals surface area contributed by atoms with Gasteiger partial charge in [0.25, 0.3) is 0 Å². The quantitative estimate of drug-likeness (QED) is 0.355. The molecule has 0 N–H and O–H groups in total. The molecule has 6 nitrogen and oxygen atoms in total. The molecule has 0 aliphatic rings. The van der Waals surface area contributed by atoms with E-state index in [-0.39, 0.29) is 6.61 Å². The van der Waals surface area contributed by atoms with Gasteiger partial charge < -0.3 is 9.47 Å². The third kappa shape index (κ3) is 5.59. The number of carbonyl (C=O) groups is 1. The van der Waals surface area contributed by atoms with E-state index < -0.39 is 5.97 Å². The maximum Gasteiger partial charge on any atom is 0.330 e. The Hall–Kier alpha value is -3.41. The number of benzene rings is 2. The highest BCUT2D eigenvalue weighted by Gasteiger charge is 2.01. The first-order valence-electron chi connectivity index (χ1n) is 8.26. The summed E-state index contributed by atoms with van der Waals surface area (Å²) in [5.74, 6) is 0.299. The maximum atomic E-state index is 11.7. The number of carbonyl (C=O) groups excluding carboxylic acids is 1. The second kappa shape index (κ2) is 9.17. The summed E-state index contributed by atoms with van der Waals surface area (Å²) in [5, 5.41) is 8.06. The molecule has 0 aliphatic heterocycles. The van der Waals surface area contributed by atoms with Crippen molar-refractivity contribution in [2.75, 3.05) is 13.2 Å². The molecule has 1 aromatic heterocycles. The summed E-state index contributed by atoms with van der Waals surface area (Å²) in [6.07, 6.45) is 4.68. The summed E-state index contributed by atoms with van der Waals surface area (Å²) < 4.78 is 12.3. The fraction of sp³-hybridized carbons (Fsp3) is 0.150. The zero-order valence-corrected chi connectivity index (χ0v) is 14.2. The summed E-state index contributed by atoms with van der Waals surface area (Å²) in [7, 11) is 0. The third-order valence-electron chi connectivity index (χ3n) is 3.47. The molecule has 1 heterocycles. The summed E-state index contributed by atoms with van der Waals surface area (Å²) in [6.45, 7) is 1.11. The minimum Gasteiger partial charge on any atom is -0.490 e. The SMILES string of the molecule is O=C(/C=C/c1cn(Cc2ccccc2)nn1)OCCOc1ccccc1. The van der Waals surface area contributed by atoms with Gasteiger partial charge in [0.15, 0.2) is 0 Å². The Morgan fingerprint density at radius 3 is 2.50 bits per heavy atom. The van der Waals surface area contributed by atoms with E-state index in [1.54, 1.807) is 17.0 Å². The van der Waals surface area contributed by atoms with Crippen LogP contribution in [0, 0.1) is 0 Å². The minimum atomic E-state index is -0.445. The number of aromatic nitrogens is 3. The number of rotatable bonds is 8. The number of hydrogen-bond donors (Lipinski definition) is 0. The zero-order valence-electron chi connectivity index (χ0n) is 14.2. The molecule has 0 unspecified atom stereocenters. The van der Waals surface area contributed by atoms with Crippen molar-refractivity contribution >= 4 is 12.0 Å². The van der Waals surface area contributed by atoms with E-state index in [1.165, 1.54) is 6.08 Å². The molecular weight excluding hydrogens is 330 g/mol. The summed E-state index contributed by atoms with van der Waals surface area (Å²) in [5.41, 5.74) is 1.73. The molecule has 0 aliphatic carbocycles. The second-order valence-electron chi connectivity index (χ2n) is 5.49. The first kappa shape index (κ1) is 17.4. The van der Waals surface area contributed by atoms with Crippen LogP contribution in [0.15, 0.2) is 72.9 Å². The van der Waals surface area contributed by atoms with Crippen LogP contribution in [-0.4, -0.2) is 34.2 Å². The number of hydrogen-bond acceptors (Lipinski definition) is 5. The van der Waals surface area contributed by atoms with E-state index in [0.717, 1.165) is 11.3 Å². The predicted molar refractivity (Wildman–Crippen MR) is 97.5 cm³/mol. The predicted octanol–water partition coefficient (Wildman–Crippen LogP) is 2.96. The van der Waals surface area contributed by atoms with Crippen molar-refractivity contribution in [2.24, 2.45) is 0 Å². The molecule has 26 heavy (non-hydrogen) atoms. The van der Waals surface area contributed by atoms with E-state index in [9.17, 15) is 4.79 Å². The third-order valence-corrected chi connectivity index (χ3v) is 3.47. The van der Waals surface area contributed by atoms with Crippen molar-refractivity contribution in [1.82, 2.24) is 15.0 Å². The molecule has 6 heteroatoms. The highest BCUT2D eigenvalue weighted by molar-refractivity contribution is 5.86. The molecule has 0 saturated heterocycles. The fourth-order valence-corrected chi connectivity index (χ4v) is 2.26. The van der Waals surface area contributed by atoms with E-state index in [4.69, 9.17) is 9.47 Å². The molecular formula is C20H19N3O3. The smallest absolute Gasteiger partial charge is 0.330 e. The van der Waals surface area contributed by atoms with Crippen LogP contribution >= 0.6 is 0 Å². The maximum absolute atomic E-state index is 11.7. The average molecular weight is 349 g/mol. The van der Waals surface area contributed by atoms with Crippen LogP contribution in [0.4, 0.5) is 0 Å². The van der Waals surface area contributed by atoms with E-state index in [0.29, 0.717) is 18.8 Å². The summed E-state index contributed by atoms with van der Waals surface area (Å²) in [4.78, 5) is 11.7. The van der Waals surface area contributed by atoms with E-state index in [2.05, 4.69) is 10.3 Å². The van der Waals surface area contributed by atoms with Crippen molar-refractivity contribution in [1.29, 1.82) is 0 Å². The second-order valence-corrected chi connectivity index (χ2v) is 5.49. The van der Waals surface area contributed by atoms with E-state index >= 15 is 0 Å². The average Bonchev–Trinajstić information content (AvgIpc) is 3.12. The van der Waals surface area contributed by atoms with Gasteiger partial charge in [0.2, 0.25) is 0 Å². The van der Waals surface area contributed by atoms with Crippen LogP contribution in [0.5, 0.6) is 5.75 Å². The molecule has 3 rings (SSSR count). The lowest BCUT2D eigenvalue weighted by Gasteiger charge is -2.05. The Bertz CT molecular complexity index is 845. The first-order chi connectivity index (χ1) is 12.8. The number of para-hydroxylation sites is 1. The molecule has 132 valence electrons. The molecule has 0 radical (unpaired) electrons. The highest BCUT2D eigenvalue weighted by Crippen LogP contribution is 2.07. The summed E-state index contributed by atoms with van der Waals surface area (Å²) >= 11 is 0. The van der Waals surface area contributed by atoms with Crippen molar-refractivity contribution in [3.05, 3.63) is 84.2 Å². The Labute approximate surface area is 151 Å². The van der Waals surface area contributed by atoms with Gasteiger partial charge in [-0.1, -0.05) is 53.7 Å². The molecule has 3 aromatic rings. The van der Waals surface area contributed by atoms with Crippen LogP contribution < -0.4 is 4.74 Å². The topological polar surface area (TPSA) is 66.2 Å². The first-order valence-corrected chi connectivity index (χ1v) is 8.26. The number of nitrogens with zero attached hydrogens (tertiary/aromatic N) is 3. The number of ether oxygens (including phenoxy) is 2. The van der Waals surface area contributed by atoms with Gasteiger partial charge in [-0.05, 0) is 23.8 Å². The highest BCUT2D eigenvalue weighted by atomic mass is 16.6. The molecule has 2 aromatic carbocycles. The van der Waals surface area contributed by atoms with Crippen LogP contribution in [-0.2, 0) is 16.1 Å². The Kier molecular flexibility index (Phi) is 6.14. The fourth-order valence-electron chi connectivity index (χ4n) is 2.26. The van der Waals surface area contributed by atoms with Crippen molar-refractivity contribution < 1.29 is 14.3 Å². The largest absolute Gasteiger partial charge is 0.490 e. The molecule has 0 atom stereocenters. The normalized spacial score (nSPS) is 10.8.